The standard InChI is InChI=1S/C15H28N2OS/c1-7-16-12(8-11(2)18-6)9-14-17-13(10-19-14)15(3,4)5/h10-12,16H,7-9H2,1-6H3. The van der Waals surface area contributed by atoms with E-state index in [2.05, 4.69) is 45.3 Å². The Morgan fingerprint density at radius 2 is 2.11 bits per heavy atom. The Morgan fingerprint density at radius 3 is 2.58 bits per heavy atom. The fourth-order valence-electron chi connectivity index (χ4n) is 1.98. The van der Waals surface area contributed by atoms with Crippen LogP contribution in [0.1, 0.15) is 51.7 Å². The molecule has 4 heteroatoms. The number of likely N-dealkylation sites (N-methyl/N-ethyl adjacent to an activating group) is 1. The maximum absolute atomic E-state index is 5.37. The van der Waals surface area contributed by atoms with Crippen molar-refractivity contribution in [3.8, 4) is 0 Å². The van der Waals surface area contributed by atoms with Crippen LogP contribution in [-0.2, 0) is 16.6 Å². The van der Waals surface area contributed by atoms with Crippen LogP contribution in [0.3, 0.4) is 0 Å². The molecule has 3 nitrogen and oxygen atoms in total. The summed E-state index contributed by atoms with van der Waals surface area (Å²) in [6.07, 6.45) is 2.29. The molecule has 1 heterocycles. The molecule has 110 valence electrons. The molecular weight excluding hydrogens is 256 g/mol. The van der Waals surface area contributed by atoms with Crippen LogP contribution in [0.5, 0.6) is 0 Å². The van der Waals surface area contributed by atoms with Crippen LogP contribution >= 0.6 is 11.3 Å². The van der Waals surface area contributed by atoms with Crippen molar-refractivity contribution in [2.45, 2.75) is 65.0 Å². The van der Waals surface area contributed by atoms with Gasteiger partial charge in [-0.25, -0.2) is 4.98 Å². The molecule has 1 aromatic heterocycles. The van der Waals surface area contributed by atoms with Gasteiger partial charge in [0, 0.05) is 30.4 Å². The smallest absolute Gasteiger partial charge is 0.0944 e. The van der Waals surface area contributed by atoms with E-state index in [0.717, 1.165) is 19.4 Å². The Kier molecular flexibility index (Phi) is 6.43. The van der Waals surface area contributed by atoms with Crippen LogP contribution < -0.4 is 5.32 Å². The first-order chi connectivity index (χ1) is 8.86. The molecule has 19 heavy (non-hydrogen) atoms. The number of methoxy groups -OCH3 is 1. The monoisotopic (exact) mass is 284 g/mol. The summed E-state index contributed by atoms with van der Waals surface area (Å²) in [5.74, 6) is 0. The van der Waals surface area contributed by atoms with Gasteiger partial charge in [0.15, 0.2) is 0 Å². The third-order valence-electron chi connectivity index (χ3n) is 3.25. The molecular formula is C15H28N2OS. The number of rotatable bonds is 7. The third kappa shape index (κ3) is 5.59. The number of hydrogen-bond donors (Lipinski definition) is 1. The van der Waals surface area contributed by atoms with E-state index in [1.54, 1.807) is 18.4 Å². The highest BCUT2D eigenvalue weighted by atomic mass is 32.1. The summed E-state index contributed by atoms with van der Waals surface area (Å²) < 4.78 is 5.37. The average Bonchev–Trinajstić information content (AvgIpc) is 2.77. The average molecular weight is 284 g/mol. The van der Waals surface area contributed by atoms with Crippen molar-refractivity contribution in [1.29, 1.82) is 0 Å². The number of aromatic nitrogens is 1. The van der Waals surface area contributed by atoms with Gasteiger partial charge in [-0.3, -0.25) is 0 Å². The third-order valence-corrected chi connectivity index (χ3v) is 4.12. The molecule has 2 atom stereocenters. The largest absolute Gasteiger partial charge is 0.382 e. The van der Waals surface area contributed by atoms with Crippen LogP contribution in [0.2, 0.25) is 0 Å². The molecule has 0 radical (unpaired) electrons. The van der Waals surface area contributed by atoms with E-state index in [1.165, 1.54) is 10.7 Å². The highest BCUT2D eigenvalue weighted by Gasteiger charge is 2.19. The number of ether oxygens (including phenoxy) is 1. The predicted octanol–water partition coefficient (Wildman–Crippen LogP) is 3.39. The topological polar surface area (TPSA) is 34.2 Å². The van der Waals surface area contributed by atoms with Gasteiger partial charge in [0.05, 0.1) is 16.8 Å². The zero-order valence-corrected chi connectivity index (χ0v) is 13.9. The van der Waals surface area contributed by atoms with Crippen molar-refractivity contribution in [3.05, 3.63) is 16.1 Å². The number of nitrogens with one attached hydrogen (secondary N) is 1. The van der Waals surface area contributed by atoms with Crippen LogP contribution in [-0.4, -0.2) is 30.8 Å². The van der Waals surface area contributed by atoms with Crippen molar-refractivity contribution in [3.63, 3.8) is 0 Å². The molecule has 0 fully saturated rings. The van der Waals surface area contributed by atoms with E-state index in [4.69, 9.17) is 9.72 Å². The first-order valence-corrected chi connectivity index (χ1v) is 7.95. The summed E-state index contributed by atoms with van der Waals surface area (Å²) in [7, 11) is 1.77. The van der Waals surface area contributed by atoms with Crippen molar-refractivity contribution < 1.29 is 4.74 Å². The summed E-state index contributed by atoms with van der Waals surface area (Å²) in [5.41, 5.74) is 1.34. The van der Waals surface area contributed by atoms with E-state index < -0.39 is 0 Å². The summed E-state index contributed by atoms with van der Waals surface area (Å²) in [6, 6.07) is 0.443. The lowest BCUT2D eigenvalue weighted by Crippen LogP contribution is -2.34. The molecule has 0 bridgehead atoms. The van der Waals surface area contributed by atoms with Gasteiger partial charge in [-0.1, -0.05) is 27.7 Å². The van der Waals surface area contributed by atoms with Crippen molar-refractivity contribution >= 4 is 11.3 Å². The number of nitrogens with zero attached hydrogens (tertiary/aromatic N) is 1. The molecule has 0 spiro atoms. The first-order valence-electron chi connectivity index (χ1n) is 7.07. The molecule has 0 saturated carbocycles. The van der Waals surface area contributed by atoms with Gasteiger partial charge in [0.2, 0.25) is 0 Å². The van der Waals surface area contributed by atoms with Crippen molar-refractivity contribution in [1.82, 2.24) is 10.3 Å². The Labute approximate surface area is 121 Å². The summed E-state index contributed by atoms with van der Waals surface area (Å²) in [4.78, 5) is 4.77. The summed E-state index contributed by atoms with van der Waals surface area (Å²) in [5, 5.41) is 6.94. The zero-order valence-electron chi connectivity index (χ0n) is 13.1. The molecule has 0 aromatic carbocycles. The van der Waals surface area contributed by atoms with Gasteiger partial charge in [-0.05, 0) is 19.9 Å². The second kappa shape index (κ2) is 7.36. The van der Waals surface area contributed by atoms with Crippen LogP contribution in [0.25, 0.3) is 0 Å². The van der Waals surface area contributed by atoms with Crippen molar-refractivity contribution in [2.24, 2.45) is 0 Å². The summed E-state index contributed by atoms with van der Waals surface area (Å²) in [6.45, 7) is 11.9. The Balaban J connectivity index is 2.65. The molecule has 2 unspecified atom stereocenters. The Morgan fingerprint density at radius 1 is 1.42 bits per heavy atom. The molecule has 0 aliphatic carbocycles. The van der Waals surface area contributed by atoms with E-state index in [0.29, 0.717) is 6.04 Å². The molecule has 1 rings (SSSR count). The molecule has 0 amide bonds. The number of thiazole rings is 1. The summed E-state index contributed by atoms with van der Waals surface area (Å²) >= 11 is 1.77. The Bertz CT molecular complexity index is 370. The lowest BCUT2D eigenvalue weighted by molar-refractivity contribution is 0.101. The molecule has 0 aliphatic rings. The number of hydrogen-bond acceptors (Lipinski definition) is 4. The van der Waals surface area contributed by atoms with Gasteiger partial charge in [-0.15, -0.1) is 11.3 Å². The molecule has 1 aromatic rings. The fraction of sp³-hybridized carbons (Fsp3) is 0.800. The highest BCUT2D eigenvalue weighted by Crippen LogP contribution is 2.24. The minimum absolute atomic E-state index is 0.141. The zero-order chi connectivity index (χ0) is 14.5. The molecule has 0 saturated heterocycles. The van der Waals surface area contributed by atoms with Crippen LogP contribution in [0.15, 0.2) is 5.38 Å². The van der Waals surface area contributed by atoms with Gasteiger partial charge >= 0.3 is 0 Å². The van der Waals surface area contributed by atoms with Crippen LogP contribution in [0, 0.1) is 0 Å². The lowest BCUT2D eigenvalue weighted by atomic mass is 9.93. The lowest BCUT2D eigenvalue weighted by Gasteiger charge is -2.20. The van der Waals surface area contributed by atoms with Crippen molar-refractivity contribution in [2.75, 3.05) is 13.7 Å². The quantitative estimate of drug-likeness (QED) is 0.833. The van der Waals surface area contributed by atoms with Gasteiger partial charge < -0.3 is 10.1 Å². The van der Waals surface area contributed by atoms with Gasteiger partial charge in [0.1, 0.15) is 0 Å². The van der Waals surface area contributed by atoms with E-state index in [1.807, 2.05) is 0 Å². The minimum Gasteiger partial charge on any atom is -0.382 e. The molecule has 1 N–H and O–H groups in total. The molecule has 0 aliphatic heterocycles. The predicted molar refractivity (Wildman–Crippen MR) is 83.1 cm³/mol. The van der Waals surface area contributed by atoms with E-state index >= 15 is 0 Å². The Hall–Kier alpha value is -0.450. The maximum atomic E-state index is 5.37. The van der Waals surface area contributed by atoms with Gasteiger partial charge in [0.25, 0.3) is 0 Å². The van der Waals surface area contributed by atoms with Crippen LogP contribution in [0.4, 0.5) is 0 Å². The first kappa shape index (κ1) is 16.6. The van der Waals surface area contributed by atoms with Gasteiger partial charge in [-0.2, -0.15) is 0 Å². The van der Waals surface area contributed by atoms with E-state index in [-0.39, 0.29) is 11.5 Å². The van der Waals surface area contributed by atoms with E-state index in [9.17, 15) is 0 Å². The second-order valence-electron chi connectivity index (χ2n) is 6.12. The maximum Gasteiger partial charge on any atom is 0.0944 e. The fourth-order valence-corrected chi connectivity index (χ4v) is 3.09. The second-order valence-corrected chi connectivity index (χ2v) is 7.06. The highest BCUT2D eigenvalue weighted by molar-refractivity contribution is 7.09. The SMILES string of the molecule is CCNC(Cc1nc(C(C)(C)C)cs1)CC(C)OC. The normalized spacial score (nSPS) is 15.5. The minimum atomic E-state index is 0.141.